The van der Waals surface area contributed by atoms with Gasteiger partial charge in [-0.3, -0.25) is 14.7 Å². The second kappa shape index (κ2) is 4.06. The van der Waals surface area contributed by atoms with E-state index in [0.29, 0.717) is 25.4 Å². The minimum atomic E-state index is -0.183. The van der Waals surface area contributed by atoms with Gasteiger partial charge >= 0.3 is 5.97 Å². The van der Waals surface area contributed by atoms with Crippen molar-refractivity contribution in [3.63, 3.8) is 0 Å². The van der Waals surface area contributed by atoms with Crippen LogP contribution in [0.2, 0.25) is 0 Å². The summed E-state index contributed by atoms with van der Waals surface area (Å²) in [6.45, 7) is 1.43. The lowest BCUT2D eigenvalue weighted by Gasteiger charge is -2.15. The van der Waals surface area contributed by atoms with Crippen LogP contribution in [0.4, 0.5) is 0 Å². The summed E-state index contributed by atoms with van der Waals surface area (Å²) in [5.41, 5.74) is 1.27. The number of cyclic esters (lactones) is 1. The molecule has 1 aromatic carbocycles. The van der Waals surface area contributed by atoms with Gasteiger partial charge in [-0.15, -0.1) is 0 Å². The number of hydrogen-bond donors (Lipinski definition) is 1. The lowest BCUT2D eigenvalue weighted by Crippen LogP contribution is -2.31. The molecule has 6 heteroatoms. The van der Waals surface area contributed by atoms with Crippen molar-refractivity contribution in [1.29, 1.82) is 0 Å². The van der Waals surface area contributed by atoms with Gasteiger partial charge in [-0.05, 0) is 6.07 Å². The van der Waals surface area contributed by atoms with Gasteiger partial charge in [0, 0.05) is 24.4 Å². The molecule has 0 aliphatic carbocycles. The van der Waals surface area contributed by atoms with Crippen molar-refractivity contribution in [3.8, 4) is 0 Å². The molecule has 102 valence electrons. The molecule has 2 aliphatic heterocycles. The number of benzene rings is 1. The van der Waals surface area contributed by atoms with E-state index in [1.165, 1.54) is 0 Å². The Morgan fingerprint density at radius 2 is 2.20 bits per heavy atom. The van der Waals surface area contributed by atoms with Crippen LogP contribution in [0.1, 0.15) is 10.5 Å². The van der Waals surface area contributed by atoms with Crippen LogP contribution in [0.25, 0.3) is 10.9 Å². The van der Waals surface area contributed by atoms with E-state index in [0.717, 1.165) is 10.9 Å². The SMILES string of the molecule is O=C1OC[C@H]2CN(C(=O)c3n[nH]c4ccccc34)C[C@@H]12. The predicted octanol–water partition coefficient (Wildman–Crippen LogP) is 0.808. The number of aromatic amines is 1. The Bertz CT molecular complexity index is 709. The molecule has 2 aromatic rings. The first-order valence-corrected chi connectivity index (χ1v) is 6.63. The molecule has 20 heavy (non-hydrogen) atoms. The van der Waals surface area contributed by atoms with E-state index in [4.69, 9.17) is 4.74 Å². The molecule has 1 amide bonds. The van der Waals surface area contributed by atoms with Gasteiger partial charge in [-0.2, -0.15) is 5.10 Å². The number of H-pyrrole nitrogens is 1. The molecule has 2 saturated heterocycles. The number of nitrogens with zero attached hydrogens (tertiary/aromatic N) is 2. The Hall–Kier alpha value is -2.37. The fourth-order valence-electron chi connectivity index (χ4n) is 3.05. The molecule has 0 spiro atoms. The van der Waals surface area contributed by atoms with Crippen LogP contribution >= 0.6 is 0 Å². The number of nitrogens with one attached hydrogen (secondary N) is 1. The Kier molecular flexibility index (Phi) is 2.33. The van der Waals surface area contributed by atoms with Gasteiger partial charge in [-0.1, -0.05) is 18.2 Å². The maximum atomic E-state index is 12.6. The average molecular weight is 271 g/mol. The molecule has 2 aliphatic rings. The monoisotopic (exact) mass is 271 g/mol. The fourth-order valence-corrected chi connectivity index (χ4v) is 3.05. The largest absolute Gasteiger partial charge is 0.465 e. The van der Waals surface area contributed by atoms with Crippen LogP contribution in [0, 0.1) is 11.8 Å². The van der Waals surface area contributed by atoms with Gasteiger partial charge in [0.1, 0.15) is 0 Å². The molecule has 0 radical (unpaired) electrons. The summed E-state index contributed by atoms with van der Waals surface area (Å²) in [4.78, 5) is 25.8. The molecule has 4 rings (SSSR count). The highest BCUT2D eigenvalue weighted by atomic mass is 16.5. The normalized spacial score (nSPS) is 25.0. The fraction of sp³-hybridized carbons (Fsp3) is 0.357. The topological polar surface area (TPSA) is 75.3 Å². The third kappa shape index (κ3) is 1.54. The average Bonchev–Trinajstić information content (AvgIpc) is 3.14. The standard InChI is InChI=1S/C14H13N3O3/c18-13(12-9-3-1-2-4-11(9)15-16-12)17-5-8-7-20-14(19)10(8)6-17/h1-4,8,10H,5-7H2,(H,15,16)/t8-,10-/m1/s1. The van der Waals surface area contributed by atoms with Crippen molar-refractivity contribution < 1.29 is 14.3 Å². The number of esters is 1. The Labute approximate surface area is 114 Å². The number of rotatable bonds is 1. The van der Waals surface area contributed by atoms with Gasteiger partial charge in [0.2, 0.25) is 0 Å². The molecule has 2 fully saturated rings. The summed E-state index contributed by atoms with van der Waals surface area (Å²) in [5.74, 6) is -0.331. The second-order valence-electron chi connectivity index (χ2n) is 5.32. The maximum Gasteiger partial charge on any atom is 0.311 e. The molecule has 1 aromatic heterocycles. The van der Waals surface area contributed by atoms with E-state index < -0.39 is 0 Å². The number of likely N-dealkylation sites (tertiary alicyclic amines) is 1. The third-order valence-electron chi connectivity index (χ3n) is 4.14. The van der Waals surface area contributed by atoms with Crippen molar-refractivity contribution in [2.45, 2.75) is 0 Å². The first kappa shape index (κ1) is 11.5. The molecular formula is C14H13N3O3. The number of amides is 1. The quantitative estimate of drug-likeness (QED) is 0.779. The summed E-state index contributed by atoms with van der Waals surface area (Å²) >= 11 is 0. The molecule has 0 unspecified atom stereocenters. The van der Waals surface area contributed by atoms with Crippen LogP contribution in [-0.2, 0) is 9.53 Å². The van der Waals surface area contributed by atoms with Crippen LogP contribution < -0.4 is 0 Å². The van der Waals surface area contributed by atoms with E-state index in [1.54, 1.807) is 4.90 Å². The first-order valence-electron chi connectivity index (χ1n) is 6.63. The third-order valence-corrected chi connectivity index (χ3v) is 4.14. The number of ether oxygens (including phenoxy) is 1. The zero-order valence-corrected chi connectivity index (χ0v) is 10.7. The molecule has 3 heterocycles. The van der Waals surface area contributed by atoms with Crippen molar-refractivity contribution in [2.24, 2.45) is 11.8 Å². The number of carbonyl (C=O) groups is 2. The van der Waals surface area contributed by atoms with E-state index >= 15 is 0 Å². The molecule has 0 saturated carbocycles. The second-order valence-corrected chi connectivity index (χ2v) is 5.32. The van der Waals surface area contributed by atoms with Crippen molar-refractivity contribution in [3.05, 3.63) is 30.0 Å². The van der Waals surface area contributed by atoms with Crippen molar-refractivity contribution in [2.75, 3.05) is 19.7 Å². The van der Waals surface area contributed by atoms with Crippen LogP contribution in [0.5, 0.6) is 0 Å². The summed E-state index contributed by atoms with van der Waals surface area (Å²) in [6, 6.07) is 7.53. The highest BCUT2D eigenvalue weighted by molar-refractivity contribution is 6.04. The maximum absolute atomic E-state index is 12.6. The van der Waals surface area contributed by atoms with Gasteiger partial charge < -0.3 is 9.64 Å². The highest BCUT2D eigenvalue weighted by Gasteiger charge is 2.45. The minimum absolute atomic E-state index is 0.121. The molecule has 2 atom stereocenters. The summed E-state index contributed by atoms with van der Waals surface area (Å²) < 4.78 is 5.01. The first-order chi connectivity index (χ1) is 9.74. The zero-order chi connectivity index (χ0) is 13.7. The van der Waals surface area contributed by atoms with E-state index in [9.17, 15) is 9.59 Å². The summed E-state index contributed by atoms with van der Waals surface area (Å²) in [7, 11) is 0. The number of aromatic nitrogens is 2. The zero-order valence-electron chi connectivity index (χ0n) is 10.7. The number of carbonyl (C=O) groups excluding carboxylic acids is 2. The minimum Gasteiger partial charge on any atom is -0.465 e. The number of para-hydroxylation sites is 1. The number of fused-ring (bicyclic) bond motifs is 2. The smallest absolute Gasteiger partial charge is 0.311 e. The van der Waals surface area contributed by atoms with Gasteiger partial charge in [0.25, 0.3) is 5.91 Å². The van der Waals surface area contributed by atoms with Gasteiger partial charge in [0.15, 0.2) is 5.69 Å². The molecule has 6 nitrogen and oxygen atoms in total. The van der Waals surface area contributed by atoms with Crippen molar-refractivity contribution in [1.82, 2.24) is 15.1 Å². The van der Waals surface area contributed by atoms with Gasteiger partial charge in [0.05, 0.1) is 18.0 Å². The Morgan fingerprint density at radius 1 is 1.35 bits per heavy atom. The summed E-state index contributed by atoms with van der Waals surface area (Å²) in [5, 5.41) is 7.80. The van der Waals surface area contributed by atoms with E-state index in [1.807, 2.05) is 24.3 Å². The van der Waals surface area contributed by atoms with Crippen LogP contribution in [0.3, 0.4) is 0 Å². The predicted molar refractivity (Wildman–Crippen MR) is 69.9 cm³/mol. The molecule has 1 N–H and O–H groups in total. The van der Waals surface area contributed by atoms with Crippen LogP contribution in [-0.4, -0.2) is 46.7 Å². The lowest BCUT2D eigenvalue weighted by molar-refractivity contribution is -0.141. The van der Waals surface area contributed by atoms with Gasteiger partial charge in [-0.25, -0.2) is 0 Å². The van der Waals surface area contributed by atoms with Crippen LogP contribution in [0.15, 0.2) is 24.3 Å². The number of hydrogen-bond acceptors (Lipinski definition) is 4. The molecule has 0 bridgehead atoms. The van der Waals surface area contributed by atoms with E-state index in [-0.39, 0.29) is 23.7 Å². The molecular weight excluding hydrogens is 258 g/mol. The highest BCUT2D eigenvalue weighted by Crippen LogP contribution is 2.31. The van der Waals surface area contributed by atoms with Crippen molar-refractivity contribution >= 4 is 22.8 Å². The Morgan fingerprint density at radius 3 is 3.05 bits per heavy atom. The summed E-state index contributed by atoms with van der Waals surface area (Å²) in [6.07, 6.45) is 0. The van der Waals surface area contributed by atoms with E-state index in [2.05, 4.69) is 10.2 Å². The lowest BCUT2D eigenvalue weighted by atomic mass is 10.0. The Balaban J connectivity index is 1.64.